The molecule has 0 aromatic carbocycles. The number of urea groups is 1. The standard InChI is InChI=1S/C26H50N12O11/c1-2-31-20(44)14(5-4-8-33-26(30)49)34-22(46)17(11-41)37-21(45)15(6-3-7-32-25(28)29)35-23(47)18(12-42)38-24(48)16(10-40)36-19(43)13(27)9-39/h13-18,39-42H,2-12,27H2,1H3,(H,31,44)(H,34,46)(H,35,47)(H,36,43)(H,37,45)(H,38,48)(H4,28,29,32)(H3,30,33,49)/t13-,14+,15+,16-,17+,18-/m1/s1. The number of amides is 8. The van der Waals surface area contributed by atoms with Crippen LogP contribution in [0.4, 0.5) is 4.79 Å². The van der Waals surface area contributed by atoms with Gasteiger partial charge < -0.3 is 80.2 Å². The molecule has 0 spiro atoms. The second-order valence-electron chi connectivity index (χ2n) is 10.5. The molecule has 23 nitrogen and oxygen atoms in total. The first-order valence-corrected chi connectivity index (χ1v) is 15.2. The SMILES string of the molecule is CCNC(=O)[C@H](CCCNC(N)=O)NC(=O)[C@H](CO)NC(=O)[C@H](CCCNC(=N)N)NC(=O)[C@@H](CO)NC(=O)[C@@H](CO)NC(=O)[C@H](N)CO. The molecule has 0 aliphatic rings. The molecule has 0 bridgehead atoms. The third kappa shape index (κ3) is 17.8. The lowest BCUT2D eigenvalue weighted by atomic mass is 10.1. The van der Waals surface area contributed by atoms with E-state index in [9.17, 15) is 48.9 Å². The molecule has 0 radical (unpaired) electrons. The summed E-state index contributed by atoms with van der Waals surface area (Å²) in [6, 6.07) is -9.73. The highest BCUT2D eigenvalue weighted by Crippen LogP contribution is 2.03. The number of hydrogen-bond acceptors (Lipinski definition) is 13. The van der Waals surface area contributed by atoms with Gasteiger partial charge in [0.25, 0.3) is 0 Å². The average Bonchev–Trinajstić information content (AvgIpc) is 3.06. The van der Waals surface area contributed by atoms with E-state index in [0.29, 0.717) is 0 Å². The van der Waals surface area contributed by atoms with E-state index in [1.807, 2.05) is 0 Å². The molecule has 0 aromatic rings. The first-order chi connectivity index (χ1) is 23.1. The zero-order valence-corrected chi connectivity index (χ0v) is 27.1. The van der Waals surface area contributed by atoms with Crippen LogP contribution in [0.25, 0.3) is 0 Å². The fourth-order valence-corrected chi connectivity index (χ4v) is 3.92. The Bertz CT molecular complexity index is 1130. The zero-order valence-electron chi connectivity index (χ0n) is 27.1. The number of nitrogens with one attached hydrogen (secondary N) is 9. The molecule has 6 atom stereocenters. The van der Waals surface area contributed by atoms with Gasteiger partial charge in [-0.25, -0.2) is 4.79 Å². The highest BCUT2D eigenvalue weighted by Gasteiger charge is 2.32. The van der Waals surface area contributed by atoms with Crippen molar-refractivity contribution in [2.75, 3.05) is 46.1 Å². The van der Waals surface area contributed by atoms with E-state index in [2.05, 4.69) is 42.5 Å². The first-order valence-electron chi connectivity index (χ1n) is 15.2. The Labute approximate surface area is 281 Å². The Morgan fingerprint density at radius 1 is 0.551 bits per heavy atom. The van der Waals surface area contributed by atoms with Crippen LogP contribution < -0.4 is 59.7 Å². The van der Waals surface area contributed by atoms with E-state index in [1.165, 1.54) is 0 Å². The molecule has 0 aliphatic heterocycles. The van der Waals surface area contributed by atoms with Crippen molar-refractivity contribution in [3.8, 4) is 0 Å². The van der Waals surface area contributed by atoms with Crippen LogP contribution in [0.15, 0.2) is 0 Å². The summed E-state index contributed by atoms with van der Waals surface area (Å²) in [6.45, 7) is -1.59. The summed E-state index contributed by atoms with van der Waals surface area (Å²) in [4.78, 5) is 87.3. The summed E-state index contributed by atoms with van der Waals surface area (Å²) in [7, 11) is 0. The second kappa shape index (κ2) is 24.3. The minimum absolute atomic E-state index is 0.0507. The molecule has 0 aromatic heterocycles. The molecule has 0 rings (SSSR count). The summed E-state index contributed by atoms with van der Waals surface area (Å²) in [5.41, 5.74) is 15.7. The lowest BCUT2D eigenvalue weighted by Gasteiger charge is -2.26. The van der Waals surface area contributed by atoms with Gasteiger partial charge in [0, 0.05) is 19.6 Å². The molecule has 0 heterocycles. The Kier molecular flexibility index (Phi) is 21.9. The van der Waals surface area contributed by atoms with Gasteiger partial charge in [0.1, 0.15) is 36.3 Å². The van der Waals surface area contributed by atoms with Gasteiger partial charge in [0.05, 0.1) is 26.4 Å². The van der Waals surface area contributed by atoms with Crippen LogP contribution in [0.2, 0.25) is 0 Å². The zero-order chi connectivity index (χ0) is 37.5. The third-order valence-corrected chi connectivity index (χ3v) is 6.55. The van der Waals surface area contributed by atoms with E-state index in [4.69, 9.17) is 27.7 Å². The summed E-state index contributed by atoms with van der Waals surface area (Å²) in [6.07, 6.45) is 0.252. The lowest BCUT2D eigenvalue weighted by Crippen LogP contribution is -2.61. The molecule has 280 valence electrons. The second-order valence-corrected chi connectivity index (χ2v) is 10.5. The number of carbonyl (C=O) groups is 7. The Hall–Kier alpha value is -4.84. The molecular weight excluding hydrogens is 656 g/mol. The fourth-order valence-electron chi connectivity index (χ4n) is 3.92. The van der Waals surface area contributed by atoms with Gasteiger partial charge >= 0.3 is 6.03 Å². The van der Waals surface area contributed by atoms with Crippen LogP contribution in [-0.4, -0.2) is 150 Å². The minimum atomic E-state index is -1.71. The van der Waals surface area contributed by atoms with Crippen LogP contribution in [0.3, 0.4) is 0 Å². The maximum Gasteiger partial charge on any atom is 0.312 e. The average molecular weight is 707 g/mol. The van der Waals surface area contributed by atoms with E-state index in [1.54, 1.807) is 6.92 Å². The largest absolute Gasteiger partial charge is 0.394 e. The van der Waals surface area contributed by atoms with Crippen molar-refractivity contribution in [2.24, 2.45) is 17.2 Å². The van der Waals surface area contributed by atoms with Crippen molar-refractivity contribution in [3.63, 3.8) is 0 Å². The van der Waals surface area contributed by atoms with Crippen molar-refractivity contribution >= 4 is 47.4 Å². The smallest absolute Gasteiger partial charge is 0.312 e. The quantitative estimate of drug-likeness (QED) is 0.0252. The molecule has 0 aliphatic carbocycles. The molecule has 0 unspecified atom stereocenters. The summed E-state index contributed by atoms with van der Waals surface area (Å²) in [5.74, 6) is -6.11. The van der Waals surface area contributed by atoms with Crippen LogP contribution in [0.1, 0.15) is 32.6 Å². The summed E-state index contributed by atoms with van der Waals surface area (Å²) >= 11 is 0. The van der Waals surface area contributed by atoms with E-state index in [0.717, 1.165) is 0 Å². The van der Waals surface area contributed by atoms with Crippen molar-refractivity contribution in [3.05, 3.63) is 0 Å². The van der Waals surface area contributed by atoms with Gasteiger partial charge in [-0.05, 0) is 32.6 Å². The summed E-state index contributed by atoms with van der Waals surface area (Å²) in [5, 5.41) is 64.0. The predicted molar refractivity (Wildman–Crippen MR) is 171 cm³/mol. The maximum absolute atomic E-state index is 13.3. The lowest BCUT2D eigenvalue weighted by molar-refractivity contribution is -0.136. The van der Waals surface area contributed by atoms with Crippen molar-refractivity contribution < 1.29 is 54.0 Å². The number of aliphatic hydroxyl groups is 4. The van der Waals surface area contributed by atoms with Gasteiger partial charge in [-0.2, -0.15) is 0 Å². The number of aliphatic hydroxyl groups excluding tert-OH is 4. The third-order valence-electron chi connectivity index (χ3n) is 6.55. The Balaban J connectivity index is 5.80. The highest BCUT2D eigenvalue weighted by atomic mass is 16.3. The van der Waals surface area contributed by atoms with Crippen LogP contribution in [-0.2, 0) is 28.8 Å². The molecular formula is C26H50N12O11. The minimum Gasteiger partial charge on any atom is -0.394 e. The molecule has 8 amide bonds. The molecule has 0 saturated heterocycles. The van der Waals surface area contributed by atoms with Gasteiger partial charge in [0.2, 0.25) is 35.4 Å². The number of primary amides is 1. The van der Waals surface area contributed by atoms with E-state index < -0.39 is 104 Å². The number of carbonyl (C=O) groups excluding carboxylic acids is 7. The van der Waals surface area contributed by atoms with Gasteiger partial charge in [-0.3, -0.25) is 34.2 Å². The number of guanidine groups is 1. The number of hydrogen-bond donors (Lipinski definition) is 16. The molecule has 19 N–H and O–H groups in total. The topological polar surface area (TPSA) is 399 Å². The predicted octanol–water partition coefficient (Wildman–Crippen LogP) is -8.45. The van der Waals surface area contributed by atoms with Gasteiger partial charge in [-0.15, -0.1) is 0 Å². The normalized spacial score (nSPS) is 14.3. The van der Waals surface area contributed by atoms with Crippen LogP contribution >= 0.6 is 0 Å². The van der Waals surface area contributed by atoms with Crippen LogP contribution in [0, 0.1) is 5.41 Å². The van der Waals surface area contributed by atoms with Crippen molar-refractivity contribution in [2.45, 2.75) is 68.9 Å². The Morgan fingerprint density at radius 3 is 1.29 bits per heavy atom. The first kappa shape index (κ1) is 44.2. The van der Waals surface area contributed by atoms with Crippen molar-refractivity contribution in [1.82, 2.24) is 42.5 Å². The Morgan fingerprint density at radius 2 is 0.918 bits per heavy atom. The number of rotatable bonds is 24. The summed E-state index contributed by atoms with van der Waals surface area (Å²) < 4.78 is 0. The molecule has 0 saturated carbocycles. The maximum atomic E-state index is 13.3. The highest BCUT2D eigenvalue weighted by molar-refractivity contribution is 5.96. The van der Waals surface area contributed by atoms with E-state index >= 15 is 0 Å². The monoisotopic (exact) mass is 706 g/mol. The van der Waals surface area contributed by atoms with Crippen LogP contribution in [0.5, 0.6) is 0 Å². The molecule has 23 heteroatoms. The fraction of sp³-hybridized carbons (Fsp3) is 0.692. The van der Waals surface area contributed by atoms with Crippen molar-refractivity contribution in [1.29, 1.82) is 5.41 Å². The molecule has 0 fully saturated rings. The van der Waals surface area contributed by atoms with Gasteiger partial charge in [0.15, 0.2) is 5.96 Å². The van der Waals surface area contributed by atoms with Gasteiger partial charge in [-0.1, -0.05) is 0 Å². The molecule has 49 heavy (non-hydrogen) atoms. The number of nitrogens with two attached hydrogens (primary N) is 3. The van der Waals surface area contributed by atoms with E-state index in [-0.39, 0.29) is 51.3 Å². The number of likely N-dealkylation sites (N-methyl/N-ethyl adjacent to an activating group) is 1.